The lowest BCUT2D eigenvalue weighted by atomic mass is 10.2. The van der Waals surface area contributed by atoms with Crippen molar-refractivity contribution in [2.45, 2.75) is 57.8 Å². The molecular formula is C17H28FNO5. The first-order valence-electron chi connectivity index (χ1n) is 8.19. The Morgan fingerprint density at radius 1 is 1.33 bits per heavy atom. The molecule has 0 aromatic carbocycles. The van der Waals surface area contributed by atoms with E-state index in [0.29, 0.717) is 13.0 Å². The molecular weight excluding hydrogens is 317 g/mol. The normalized spacial score (nSPS) is 21.3. The number of unbranched alkanes of at least 4 members (excludes halogenated alkanes) is 1. The number of carbonyl (C=O) groups is 2. The Morgan fingerprint density at radius 3 is 2.67 bits per heavy atom. The minimum atomic E-state index is -1.05. The van der Waals surface area contributed by atoms with E-state index >= 15 is 0 Å². The highest BCUT2D eigenvalue weighted by Crippen LogP contribution is 2.23. The molecule has 0 aromatic rings. The molecule has 0 saturated carbocycles. The van der Waals surface area contributed by atoms with Crippen LogP contribution >= 0.6 is 0 Å². The van der Waals surface area contributed by atoms with Gasteiger partial charge in [-0.15, -0.1) is 0 Å². The monoisotopic (exact) mass is 345 g/mol. The van der Waals surface area contributed by atoms with Gasteiger partial charge in [0.15, 0.2) is 0 Å². The Labute approximate surface area is 142 Å². The minimum absolute atomic E-state index is 0.0464. The second-order valence-electron chi connectivity index (χ2n) is 6.76. The average Bonchev–Trinajstić information content (AvgIpc) is 2.85. The van der Waals surface area contributed by atoms with E-state index in [1.54, 1.807) is 26.8 Å². The highest BCUT2D eigenvalue weighted by atomic mass is 19.1. The van der Waals surface area contributed by atoms with Gasteiger partial charge in [-0.1, -0.05) is 6.08 Å². The maximum absolute atomic E-state index is 13.6. The third kappa shape index (κ3) is 7.77. The molecule has 0 aliphatic carbocycles. The SMILES string of the molecule is COC(=O)C=CCCCOC[C@@H]1C[C@H](F)CN1C(=O)OC(C)(C)C. The number of likely N-dealkylation sites (tertiary alicyclic amines) is 1. The first kappa shape index (κ1) is 20.4. The molecule has 1 amide bonds. The largest absolute Gasteiger partial charge is 0.466 e. The first-order valence-corrected chi connectivity index (χ1v) is 8.19. The molecule has 1 saturated heterocycles. The van der Waals surface area contributed by atoms with Gasteiger partial charge in [-0.25, -0.2) is 14.0 Å². The number of alkyl halides is 1. The number of rotatable bonds is 7. The number of allylic oxidation sites excluding steroid dienone is 1. The van der Waals surface area contributed by atoms with Crippen molar-refractivity contribution in [2.75, 3.05) is 26.9 Å². The molecule has 24 heavy (non-hydrogen) atoms. The summed E-state index contributed by atoms with van der Waals surface area (Å²) >= 11 is 0. The molecule has 1 fully saturated rings. The van der Waals surface area contributed by atoms with Crippen LogP contribution in [0.2, 0.25) is 0 Å². The highest BCUT2D eigenvalue weighted by Gasteiger charge is 2.37. The van der Waals surface area contributed by atoms with E-state index in [1.807, 2.05) is 0 Å². The summed E-state index contributed by atoms with van der Waals surface area (Å²) in [5.41, 5.74) is -0.608. The standard InChI is InChI=1S/C17H28FNO5/c1-17(2,3)24-16(21)19-11-13(18)10-14(19)12-23-9-7-5-6-8-15(20)22-4/h6,8,13-14H,5,7,9-12H2,1-4H3/t13-,14-/m0/s1. The second-order valence-corrected chi connectivity index (χ2v) is 6.76. The number of halogens is 1. The van der Waals surface area contributed by atoms with Gasteiger partial charge >= 0.3 is 12.1 Å². The Kier molecular flexibility index (Phi) is 8.18. The fourth-order valence-corrected chi connectivity index (χ4v) is 2.33. The molecule has 0 aromatic heterocycles. The number of ether oxygens (including phenoxy) is 3. The summed E-state index contributed by atoms with van der Waals surface area (Å²) < 4.78 is 29.0. The average molecular weight is 345 g/mol. The van der Waals surface area contributed by atoms with Crippen LogP contribution in [0.5, 0.6) is 0 Å². The van der Waals surface area contributed by atoms with E-state index in [4.69, 9.17) is 9.47 Å². The van der Waals surface area contributed by atoms with Crippen LogP contribution in [0.3, 0.4) is 0 Å². The lowest BCUT2D eigenvalue weighted by molar-refractivity contribution is -0.134. The lowest BCUT2D eigenvalue weighted by Gasteiger charge is -2.28. The van der Waals surface area contributed by atoms with Gasteiger partial charge in [0.2, 0.25) is 0 Å². The van der Waals surface area contributed by atoms with Gasteiger partial charge in [-0.2, -0.15) is 0 Å². The number of amides is 1. The fraction of sp³-hybridized carbons (Fsp3) is 0.765. The predicted octanol–water partition coefficient (Wildman–Crippen LogP) is 2.86. The summed E-state index contributed by atoms with van der Waals surface area (Å²) in [7, 11) is 1.33. The van der Waals surface area contributed by atoms with Gasteiger partial charge in [0.25, 0.3) is 0 Å². The van der Waals surface area contributed by atoms with Crippen LogP contribution in [-0.2, 0) is 19.0 Å². The van der Waals surface area contributed by atoms with Crippen LogP contribution in [0.15, 0.2) is 12.2 Å². The van der Waals surface area contributed by atoms with Crippen molar-refractivity contribution in [3.05, 3.63) is 12.2 Å². The number of hydrogen-bond acceptors (Lipinski definition) is 5. The van der Waals surface area contributed by atoms with Crippen molar-refractivity contribution in [1.29, 1.82) is 0 Å². The summed E-state index contributed by atoms with van der Waals surface area (Å²) in [6.45, 7) is 6.13. The van der Waals surface area contributed by atoms with Gasteiger partial charge in [-0.05, 0) is 33.6 Å². The fourth-order valence-electron chi connectivity index (χ4n) is 2.33. The van der Waals surface area contributed by atoms with Crippen molar-refractivity contribution < 1.29 is 28.2 Å². The third-order valence-corrected chi connectivity index (χ3v) is 3.42. The Hall–Kier alpha value is -1.63. The zero-order valence-electron chi connectivity index (χ0n) is 14.9. The molecule has 6 nitrogen and oxygen atoms in total. The molecule has 1 heterocycles. The molecule has 0 radical (unpaired) electrons. The lowest BCUT2D eigenvalue weighted by Crippen LogP contribution is -2.42. The summed E-state index contributed by atoms with van der Waals surface area (Å²) in [6, 6.07) is -0.305. The summed E-state index contributed by atoms with van der Waals surface area (Å²) in [5.74, 6) is -0.385. The number of methoxy groups -OCH3 is 1. The van der Waals surface area contributed by atoms with E-state index in [-0.39, 0.29) is 31.6 Å². The van der Waals surface area contributed by atoms with E-state index in [1.165, 1.54) is 18.1 Å². The van der Waals surface area contributed by atoms with Gasteiger partial charge in [0, 0.05) is 19.1 Å². The number of carbonyl (C=O) groups excluding carboxylic acids is 2. The van der Waals surface area contributed by atoms with Crippen LogP contribution < -0.4 is 0 Å². The van der Waals surface area contributed by atoms with Crippen molar-refractivity contribution >= 4 is 12.1 Å². The first-order chi connectivity index (χ1) is 11.2. The molecule has 138 valence electrons. The van der Waals surface area contributed by atoms with E-state index in [2.05, 4.69) is 4.74 Å². The second kappa shape index (κ2) is 9.61. The Bertz CT molecular complexity index is 447. The quantitative estimate of drug-likeness (QED) is 0.403. The molecule has 2 atom stereocenters. The summed E-state index contributed by atoms with van der Waals surface area (Å²) in [5, 5.41) is 0. The smallest absolute Gasteiger partial charge is 0.410 e. The molecule has 1 rings (SSSR count). The highest BCUT2D eigenvalue weighted by molar-refractivity contribution is 5.81. The maximum atomic E-state index is 13.6. The van der Waals surface area contributed by atoms with Crippen molar-refractivity contribution in [2.24, 2.45) is 0 Å². The van der Waals surface area contributed by atoms with Crippen LogP contribution in [0.25, 0.3) is 0 Å². The molecule has 0 bridgehead atoms. The molecule has 1 aliphatic rings. The Balaban J connectivity index is 2.31. The Morgan fingerprint density at radius 2 is 2.04 bits per heavy atom. The molecule has 1 aliphatic heterocycles. The topological polar surface area (TPSA) is 65.1 Å². The van der Waals surface area contributed by atoms with Crippen molar-refractivity contribution in [3.63, 3.8) is 0 Å². The zero-order valence-corrected chi connectivity index (χ0v) is 14.9. The van der Waals surface area contributed by atoms with Crippen molar-refractivity contribution in [1.82, 2.24) is 4.90 Å². The number of nitrogens with zero attached hydrogens (tertiary/aromatic N) is 1. The van der Waals surface area contributed by atoms with Gasteiger partial charge in [-0.3, -0.25) is 4.90 Å². The maximum Gasteiger partial charge on any atom is 0.410 e. The summed E-state index contributed by atoms with van der Waals surface area (Å²) in [6.07, 6.45) is 3.21. The van der Waals surface area contributed by atoms with Gasteiger partial charge < -0.3 is 14.2 Å². The van der Waals surface area contributed by atoms with Gasteiger partial charge in [0.1, 0.15) is 11.8 Å². The van der Waals surface area contributed by atoms with Gasteiger partial charge in [0.05, 0.1) is 26.3 Å². The number of esters is 1. The van der Waals surface area contributed by atoms with E-state index in [0.717, 1.165) is 6.42 Å². The molecule has 7 heteroatoms. The van der Waals surface area contributed by atoms with Crippen LogP contribution in [0.4, 0.5) is 9.18 Å². The van der Waals surface area contributed by atoms with E-state index < -0.39 is 17.9 Å². The van der Waals surface area contributed by atoms with Crippen LogP contribution in [-0.4, -0.2) is 61.6 Å². The van der Waals surface area contributed by atoms with Crippen molar-refractivity contribution in [3.8, 4) is 0 Å². The molecule has 0 unspecified atom stereocenters. The van der Waals surface area contributed by atoms with E-state index in [9.17, 15) is 14.0 Å². The third-order valence-electron chi connectivity index (χ3n) is 3.42. The summed E-state index contributed by atoms with van der Waals surface area (Å²) in [4.78, 5) is 24.4. The molecule has 0 N–H and O–H groups in total. The number of hydrogen-bond donors (Lipinski definition) is 0. The molecule has 0 spiro atoms. The van der Waals surface area contributed by atoms with Crippen LogP contribution in [0.1, 0.15) is 40.0 Å². The predicted molar refractivity (Wildman–Crippen MR) is 87.5 cm³/mol. The minimum Gasteiger partial charge on any atom is -0.466 e. The zero-order chi connectivity index (χ0) is 18.2. The van der Waals surface area contributed by atoms with Crippen LogP contribution in [0, 0.1) is 0 Å².